The lowest BCUT2D eigenvalue weighted by atomic mass is 10.3. The summed E-state index contributed by atoms with van der Waals surface area (Å²) in [6.07, 6.45) is 0.406. The van der Waals surface area contributed by atoms with Gasteiger partial charge in [-0.05, 0) is 13.8 Å². The summed E-state index contributed by atoms with van der Waals surface area (Å²) in [5.41, 5.74) is 0. The molecule has 0 aliphatic rings. The number of alkyl halides is 1. The third-order valence-electron chi connectivity index (χ3n) is 1.79. The molecule has 0 N–H and O–H groups in total. The Labute approximate surface area is 85.0 Å². The van der Waals surface area contributed by atoms with Crippen molar-refractivity contribution in [3.05, 3.63) is 0 Å². The fourth-order valence-electron chi connectivity index (χ4n) is 1.08. The van der Waals surface area contributed by atoms with Crippen molar-refractivity contribution in [2.45, 2.75) is 26.3 Å². The number of nitrogens with zero attached hydrogens (tertiary/aromatic N) is 1. The van der Waals surface area contributed by atoms with E-state index in [1.807, 2.05) is 13.8 Å². The Hall–Kier alpha value is -0.280. The van der Waals surface area contributed by atoms with Crippen LogP contribution in [0.2, 0.25) is 0 Å². The number of hydrogen-bond donors (Lipinski definition) is 0. The number of rotatable bonds is 6. The lowest BCUT2D eigenvalue weighted by Gasteiger charge is -2.26. The van der Waals surface area contributed by atoms with Crippen LogP contribution in [0.3, 0.4) is 0 Å². The van der Waals surface area contributed by atoms with Crippen LogP contribution in [-0.2, 0) is 9.53 Å². The molecular formula is C9H18ClNO2. The Morgan fingerprint density at radius 3 is 2.54 bits per heavy atom. The van der Waals surface area contributed by atoms with Crippen molar-refractivity contribution in [2.24, 2.45) is 0 Å². The molecule has 0 aliphatic heterocycles. The molecule has 0 aromatic heterocycles. The fraction of sp³-hybridized carbons (Fsp3) is 0.889. The summed E-state index contributed by atoms with van der Waals surface area (Å²) in [4.78, 5) is 13.3. The number of halogens is 1. The van der Waals surface area contributed by atoms with Gasteiger partial charge >= 0.3 is 0 Å². The maximum Gasteiger partial charge on any atom is 0.224 e. The smallest absolute Gasteiger partial charge is 0.224 e. The van der Waals surface area contributed by atoms with E-state index in [9.17, 15) is 4.79 Å². The molecule has 0 unspecified atom stereocenters. The first kappa shape index (κ1) is 12.7. The molecule has 0 rings (SSSR count). The van der Waals surface area contributed by atoms with Crippen molar-refractivity contribution in [1.82, 2.24) is 4.90 Å². The molecule has 0 saturated carbocycles. The minimum absolute atomic E-state index is 0.0991. The number of carbonyl (C=O) groups is 1. The van der Waals surface area contributed by atoms with Crippen LogP contribution in [0.1, 0.15) is 20.3 Å². The Morgan fingerprint density at radius 2 is 2.15 bits per heavy atom. The molecule has 0 aromatic carbocycles. The predicted molar refractivity (Wildman–Crippen MR) is 54.1 cm³/mol. The molecule has 4 heteroatoms. The highest BCUT2D eigenvalue weighted by molar-refractivity contribution is 6.18. The molecule has 13 heavy (non-hydrogen) atoms. The number of carbonyl (C=O) groups excluding carboxylic acids is 1. The van der Waals surface area contributed by atoms with E-state index in [0.717, 1.165) is 0 Å². The lowest BCUT2D eigenvalue weighted by Crippen LogP contribution is -2.39. The maximum absolute atomic E-state index is 11.5. The molecule has 78 valence electrons. The standard InChI is InChI=1S/C9H18ClNO2/c1-8(2)11(6-7-13-3)9(12)4-5-10/h8H,4-7H2,1-3H3. The molecule has 3 nitrogen and oxygen atoms in total. The first-order valence-electron chi connectivity index (χ1n) is 4.47. The van der Waals surface area contributed by atoms with Gasteiger partial charge in [-0.2, -0.15) is 0 Å². The molecule has 1 amide bonds. The van der Waals surface area contributed by atoms with E-state index in [-0.39, 0.29) is 11.9 Å². The Balaban J connectivity index is 3.99. The molecule has 0 bridgehead atoms. The highest BCUT2D eigenvalue weighted by Gasteiger charge is 2.15. The van der Waals surface area contributed by atoms with Crippen molar-refractivity contribution in [3.8, 4) is 0 Å². The van der Waals surface area contributed by atoms with Crippen LogP contribution in [-0.4, -0.2) is 43.0 Å². The second-order valence-electron chi connectivity index (χ2n) is 3.11. The zero-order chi connectivity index (χ0) is 10.3. The summed E-state index contributed by atoms with van der Waals surface area (Å²) in [7, 11) is 1.63. The average molecular weight is 208 g/mol. The van der Waals surface area contributed by atoms with Gasteiger partial charge in [-0.15, -0.1) is 11.6 Å². The zero-order valence-electron chi connectivity index (χ0n) is 8.55. The summed E-state index contributed by atoms with van der Waals surface area (Å²) in [5, 5.41) is 0. The minimum atomic E-state index is 0.0991. The molecule has 0 radical (unpaired) electrons. The molecule has 0 atom stereocenters. The van der Waals surface area contributed by atoms with E-state index in [0.29, 0.717) is 25.5 Å². The molecule has 0 heterocycles. The van der Waals surface area contributed by atoms with Gasteiger partial charge in [0.15, 0.2) is 0 Å². The zero-order valence-corrected chi connectivity index (χ0v) is 9.30. The molecule has 0 fully saturated rings. The topological polar surface area (TPSA) is 29.5 Å². The van der Waals surface area contributed by atoms with Crippen molar-refractivity contribution >= 4 is 17.5 Å². The van der Waals surface area contributed by atoms with Crippen LogP contribution >= 0.6 is 11.6 Å². The van der Waals surface area contributed by atoms with Crippen LogP contribution in [0.25, 0.3) is 0 Å². The van der Waals surface area contributed by atoms with Gasteiger partial charge in [-0.1, -0.05) is 0 Å². The highest BCUT2D eigenvalue weighted by atomic mass is 35.5. The third-order valence-corrected chi connectivity index (χ3v) is 1.98. The van der Waals surface area contributed by atoms with Gasteiger partial charge in [0, 0.05) is 32.0 Å². The number of amides is 1. The largest absolute Gasteiger partial charge is 0.383 e. The third kappa shape index (κ3) is 5.11. The van der Waals surface area contributed by atoms with Crippen LogP contribution < -0.4 is 0 Å². The van der Waals surface area contributed by atoms with E-state index in [1.54, 1.807) is 12.0 Å². The molecule has 0 saturated heterocycles. The molecule has 0 spiro atoms. The quantitative estimate of drug-likeness (QED) is 0.618. The first-order chi connectivity index (χ1) is 6.13. The monoisotopic (exact) mass is 207 g/mol. The lowest BCUT2D eigenvalue weighted by molar-refractivity contribution is -0.133. The summed E-state index contributed by atoms with van der Waals surface area (Å²) in [5.74, 6) is 0.483. The fourth-order valence-corrected chi connectivity index (χ4v) is 1.25. The van der Waals surface area contributed by atoms with Crippen LogP contribution in [0.15, 0.2) is 0 Å². The van der Waals surface area contributed by atoms with Crippen LogP contribution in [0.4, 0.5) is 0 Å². The SMILES string of the molecule is COCCN(C(=O)CCCl)C(C)C. The van der Waals surface area contributed by atoms with Crippen molar-refractivity contribution in [1.29, 1.82) is 0 Å². The van der Waals surface area contributed by atoms with Crippen LogP contribution in [0.5, 0.6) is 0 Å². The normalized spacial score (nSPS) is 10.5. The summed E-state index contributed by atoms with van der Waals surface area (Å²) < 4.78 is 4.92. The van der Waals surface area contributed by atoms with Gasteiger partial charge in [0.1, 0.15) is 0 Å². The average Bonchev–Trinajstić information content (AvgIpc) is 2.05. The minimum Gasteiger partial charge on any atom is -0.383 e. The van der Waals surface area contributed by atoms with E-state index in [4.69, 9.17) is 16.3 Å². The van der Waals surface area contributed by atoms with Crippen molar-refractivity contribution in [3.63, 3.8) is 0 Å². The summed E-state index contributed by atoms with van der Waals surface area (Å²) in [6.45, 7) is 5.19. The van der Waals surface area contributed by atoms with E-state index in [2.05, 4.69) is 0 Å². The second-order valence-corrected chi connectivity index (χ2v) is 3.49. The molecule has 0 aromatic rings. The van der Waals surface area contributed by atoms with Crippen LogP contribution in [0, 0.1) is 0 Å². The Bertz CT molecular complexity index is 151. The van der Waals surface area contributed by atoms with E-state index < -0.39 is 0 Å². The van der Waals surface area contributed by atoms with Gasteiger partial charge < -0.3 is 9.64 Å². The predicted octanol–water partition coefficient (Wildman–Crippen LogP) is 1.50. The molecular weight excluding hydrogens is 190 g/mol. The van der Waals surface area contributed by atoms with Gasteiger partial charge in [-0.25, -0.2) is 0 Å². The van der Waals surface area contributed by atoms with Crippen molar-refractivity contribution in [2.75, 3.05) is 26.1 Å². The van der Waals surface area contributed by atoms with Gasteiger partial charge in [-0.3, -0.25) is 4.79 Å². The van der Waals surface area contributed by atoms with Gasteiger partial charge in [0.25, 0.3) is 0 Å². The number of hydrogen-bond acceptors (Lipinski definition) is 2. The first-order valence-corrected chi connectivity index (χ1v) is 5.01. The highest BCUT2D eigenvalue weighted by Crippen LogP contribution is 2.02. The van der Waals surface area contributed by atoms with Gasteiger partial charge in [0.05, 0.1) is 6.61 Å². The second kappa shape index (κ2) is 7.15. The Morgan fingerprint density at radius 1 is 1.54 bits per heavy atom. The number of ether oxygens (including phenoxy) is 1. The number of methoxy groups -OCH3 is 1. The molecule has 0 aliphatic carbocycles. The van der Waals surface area contributed by atoms with E-state index in [1.165, 1.54) is 0 Å². The Kier molecular flexibility index (Phi) is 7.00. The van der Waals surface area contributed by atoms with Crippen molar-refractivity contribution < 1.29 is 9.53 Å². The maximum atomic E-state index is 11.5. The summed E-state index contributed by atoms with van der Waals surface area (Å²) in [6, 6.07) is 0.214. The van der Waals surface area contributed by atoms with Gasteiger partial charge in [0.2, 0.25) is 5.91 Å². The summed E-state index contributed by atoms with van der Waals surface area (Å²) >= 11 is 5.50. The van der Waals surface area contributed by atoms with E-state index >= 15 is 0 Å².